The van der Waals surface area contributed by atoms with Crippen LogP contribution in [0.1, 0.15) is 39.2 Å². The average molecular weight is 597 g/mol. The van der Waals surface area contributed by atoms with Gasteiger partial charge >= 0.3 is 0 Å². The van der Waals surface area contributed by atoms with Gasteiger partial charge in [0.25, 0.3) is 0 Å². The summed E-state index contributed by atoms with van der Waals surface area (Å²) in [5, 5.41) is 3.68. The molecule has 0 radical (unpaired) electrons. The molecule has 1 N–H and O–H groups in total. The van der Waals surface area contributed by atoms with Gasteiger partial charge in [0, 0.05) is 12.6 Å². The lowest BCUT2D eigenvalue weighted by molar-refractivity contribution is -0.140. The van der Waals surface area contributed by atoms with Gasteiger partial charge in [0.2, 0.25) is 21.8 Å². The largest absolute Gasteiger partial charge is 0.352 e. The third-order valence-corrected chi connectivity index (χ3v) is 8.28. The number of benzene rings is 2. The number of sulfonamides is 1. The topological polar surface area (TPSA) is 86.8 Å². The molecule has 0 bridgehead atoms. The van der Waals surface area contributed by atoms with Gasteiger partial charge in [0.15, 0.2) is 0 Å². The summed E-state index contributed by atoms with van der Waals surface area (Å²) in [6, 6.07) is 8.42. The van der Waals surface area contributed by atoms with Gasteiger partial charge in [-0.15, -0.1) is 0 Å². The Morgan fingerprint density at radius 2 is 1.64 bits per heavy atom. The van der Waals surface area contributed by atoms with Gasteiger partial charge in [0.05, 0.1) is 32.0 Å². The molecule has 2 rings (SSSR count). The van der Waals surface area contributed by atoms with E-state index in [1.807, 2.05) is 13.8 Å². The first-order valence-corrected chi connectivity index (χ1v) is 14.6. The van der Waals surface area contributed by atoms with Gasteiger partial charge in [0.1, 0.15) is 12.6 Å². The molecule has 198 valence electrons. The van der Waals surface area contributed by atoms with E-state index in [-0.39, 0.29) is 34.2 Å². The first kappa shape index (κ1) is 30.5. The van der Waals surface area contributed by atoms with Crippen LogP contribution in [0.25, 0.3) is 0 Å². The number of hydrogen-bond acceptors (Lipinski definition) is 4. The van der Waals surface area contributed by atoms with Crippen molar-refractivity contribution >= 4 is 73.9 Å². The highest BCUT2D eigenvalue weighted by molar-refractivity contribution is 7.92. The predicted molar refractivity (Wildman–Crippen MR) is 148 cm³/mol. The summed E-state index contributed by atoms with van der Waals surface area (Å²) in [5.41, 5.74) is 0.686. The fraction of sp³-hybridized carbons (Fsp3) is 0.417. The molecular weight excluding hydrogens is 568 g/mol. The molecule has 0 aliphatic carbocycles. The van der Waals surface area contributed by atoms with Crippen LogP contribution in [0, 0.1) is 0 Å². The molecule has 0 spiro atoms. The third kappa shape index (κ3) is 7.89. The molecule has 0 heterocycles. The Kier molecular flexibility index (Phi) is 11.2. The minimum Gasteiger partial charge on any atom is -0.352 e. The van der Waals surface area contributed by atoms with Gasteiger partial charge in [-0.2, -0.15) is 0 Å². The van der Waals surface area contributed by atoms with Gasteiger partial charge in [-0.05, 0) is 49.6 Å². The summed E-state index contributed by atoms with van der Waals surface area (Å²) in [6.07, 6.45) is 1.97. The monoisotopic (exact) mass is 595 g/mol. The minimum atomic E-state index is -3.94. The molecule has 36 heavy (non-hydrogen) atoms. The molecule has 0 aliphatic rings. The highest BCUT2D eigenvalue weighted by Crippen LogP contribution is 2.34. The maximum Gasteiger partial charge on any atom is 0.244 e. The Labute approximate surface area is 232 Å². The normalized spacial score (nSPS) is 13.1. The molecule has 0 unspecified atom stereocenters. The lowest BCUT2D eigenvalue weighted by Gasteiger charge is -2.33. The summed E-state index contributed by atoms with van der Waals surface area (Å²) >= 11 is 24.6. The predicted octanol–water partition coefficient (Wildman–Crippen LogP) is 5.79. The van der Waals surface area contributed by atoms with Crippen molar-refractivity contribution < 1.29 is 18.0 Å². The van der Waals surface area contributed by atoms with Gasteiger partial charge in [-0.1, -0.05) is 72.4 Å². The summed E-state index contributed by atoms with van der Waals surface area (Å²) in [4.78, 5) is 28.2. The summed E-state index contributed by atoms with van der Waals surface area (Å²) in [7, 11) is -3.94. The van der Waals surface area contributed by atoms with Crippen LogP contribution in [0.4, 0.5) is 5.69 Å². The van der Waals surface area contributed by atoms with Gasteiger partial charge < -0.3 is 10.2 Å². The minimum absolute atomic E-state index is 0.00301. The van der Waals surface area contributed by atoms with E-state index in [9.17, 15) is 18.0 Å². The second-order valence-corrected chi connectivity index (χ2v) is 11.9. The number of carbonyl (C=O) groups is 2. The molecule has 0 saturated carbocycles. The van der Waals surface area contributed by atoms with Gasteiger partial charge in [-0.25, -0.2) is 8.42 Å². The zero-order chi connectivity index (χ0) is 27.2. The van der Waals surface area contributed by atoms with E-state index in [2.05, 4.69) is 5.32 Å². The van der Waals surface area contributed by atoms with E-state index in [0.717, 1.165) is 10.6 Å². The SMILES string of the molecule is CC[C@@H](C)NC(=O)[C@@H](CC)N(Cc1ccc(Cl)c(Cl)c1)C(=O)CN(c1cccc(Cl)c1Cl)S(C)(=O)=O. The fourth-order valence-corrected chi connectivity index (χ4v) is 5.10. The molecule has 0 saturated heterocycles. The molecular formula is C24H29Cl4N3O4S. The van der Waals surface area contributed by atoms with Crippen LogP contribution in [0.5, 0.6) is 0 Å². The maximum absolute atomic E-state index is 13.7. The smallest absolute Gasteiger partial charge is 0.244 e. The van der Waals surface area contributed by atoms with Crippen molar-refractivity contribution in [1.29, 1.82) is 0 Å². The summed E-state index contributed by atoms with van der Waals surface area (Å²) in [5.74, 6) is -0.944. The van der Waals surface area contributed by atoms with Crippen molar-refractivity contribution in [3.8, 4) is 0 Å². The quantitative estimate of drug-likeness (QED) is 0.356. The lowest BCUT2D eigenvalue weighted by Crippen LogP contribution is -2.53. The number of nitrogens with one attached hydrogen (secondary N) is 1. The van der Waals surface area contributed by atoms with Gasteiger partial charge in [-0.3, -0.25) is 13.9 Å². The van der Waals surface area contributed by atoms with Crippen molar-refractivity contribution in [1.82, 2.24) is 10.2 Å². The highest BCUT2D eigenvalue weighted by atomic mass is 35.5. The Morgan fingerprint density at radius 1 is 0.972 bits per heavy atom. The van der Waals surface area contributed by atoms with Crippen LogP contribution in [0.2, 0.25) is 20.1 Å². The average Bonchev–Trinajstić information content (AvgIpc) is 2.80. The molecule has 2 amide bonds. The van der Waals surface area contributed by atoms with Crippen molar-refractivity contribution in [2.75, 3.05) is 17.1 Å². The number of halogens is 4. The maximum atomic E-state index is 13.7. The zero-order valence-electron chi connectivity index (χ0n) is 20.4. The molecule has 2 aromatic rings. The Bertz CT molecular complexity index is 1210. The Morgan fingerprint density at radius 3 is 2.19 bits per heavy atom. The van der Waals surface area contributed by atoms with E-state index in [0.29, 0.717) is 28.5 Å². The van der Waals surface area contributed by atoms with Crippen molar-refractivity contribution in [3.05, 3.63) is 62.1 Å². The Balaban J connectivity index is 2.51. The van der Waals surface area contributed by atoms with Crippen LogP contribution in [-0.4, -0.2) is 50.0 Å². The third-order valence-electron chi connectivity index (χ3n) is 5.60. The molecule has 0 fully saturated rings. The number of carbonyl (C=O) groups excluding carboxylic acids is 2. The molecule has 2 aromatic carbocycles. The number of amides is 2. The number of anilines is 1. The number of hydrogen-bond donors (Lipinski definition) is 1. The van der Waals surface area contributed by atoms with Crippen LogP contribution >= 0.6 is 46.4 Å². The lowest BCUT2D eigenvalue weighted by atomic mass is 10.1. The summed E-state index contributed by atoms with van der Waals surface area (Å²) < 4.78 is 26.3. The standard InChI is InChI=1S/C24H29Cl4N3O4S/c1-5-15(3)29-24(33)20(6-2)30(13-16-10-11-17(25)19(27)12-16)22(32)14-31(36(4,34)35)21-9-7-8-18(26)23(21)28/h7-12,15,20H,5-6,13-14H2,1-4H3,(H,29,33)/t15-,20-/m1/s1. The number of nitrogens with zero attached hydrogens (tertiary/aromatic N) is 2. The first-order valence-electron chi connectivity index (χ1n) is 11.3. The zero-order valence-corrected chi connectivity index (χ0v) is 24.2. The van der Waals surface area contributed by atoms with Crippen LogP contribution in [0.15, 0.2) is 36.4 Å². The van der Waals surface area contributed by atoms with E-state index in [4.69, 9.17) is 46.4 Å². The highest BCUT2D eigenvalue weighted by Gasteiger charge is 2.33. The molecule has 0 aliphatic heterocycles. The van der Waals surface area contributed by atoms with E-state index in [1.54, 1.807) is 25.1 Å². The van der Waals surface area contributed by atoms with Crippen molar-refractivity contribution in [3.63, 3.8) is 0 Å². The summed E-state index contributed by atoms with van der Waals surface area (Å²) in [6.45, 7) is 4.99. The molecule has 2 atom stereocenters. The van der Waals surface area contributed by atoms with E-state index < -0.39 is 28.5 Å². The fourth-order valence-electron chi connectivity index (χ4n) is 3.48. The second kappa shape index (κ2) is 13.2. The molecule has 12 heteroatoms. The van der Waals surface area contributed by atoms with Crippen molar-refractivity contribution in [2.24, 2.45) is 0 Å². The Hall–Kier alpha value is -1.71. The number of rotatable bonds is 11. The van der Waals surface area contributed by atoms with Crippen molar-refractivity contribution in [2.45, 2.75) is 52.2 Å². The van der Waals surface area contributed by atoms with Crippen LogP contribution < -0.4 is 9.62 Å². The van der Waals surface area contributed by atoms with Crippen LogP contribution in [0.3, 0.4) is 0 Å². The van der Waals surface area contributed by atoms with Crippen LogP contribution in [-0.2, 0) is 26.2 Å². The molecule has 0 aromatic heterocycles. The van der Waals surface area contributed by atoms with E-state index in [1.165, 1.54) is 23.1 Å². The van der Waals surface area contributed by atoms with E-state index >= 15 is 0 Å². The second-order valence-electron chi connectivity index (χ2n) is 8.35. The molecule has 7 nitrogen and oxygen atoms in total. The first-order chi connectivity index (χ1) is 16.8.